The molecule has 126 valence electrons. The molecule has 1 nitrogen and oxygen atoms in total. The molecule has 0 N–H and O–H groups in total. The highest BCUT2D eigenvalue weighted by Gasteiger charge is 2.20. The van der Waals surface area contributed by atoms with Gasteiger partial charge in [0.1, 0.15) is 0 Å². The van der Waals surface area contributed by atoms with Crippen LogP contribution < -0.4 is 4.90 Å². The van der Waals surface area contributed by atoms with Crippen LogP contribution in [0.1, 0.15) is 5.56 Å². The summed E-state index contributed by atoms with van der Waals surface area (Å²) in [7, 11) is 2.11. The van der Waals surface area contributed by atoms with Gasteiger partial charge in [0.25, 0.3) is 0 Å². The van der Waals surface area contributed by atoms with E-state index in [2.05, 4.69) is 86.1 Å². The smallest absolute Gasteiger partial charge is 0.0798 e. The van der Waals surface area contributed by atoms with Crippen LogP contribution in [0.2, 0.25) is 0 Å². The minimum Gasteiger partial charge on any atom is -0.338 e. The van der Waals surface area contributed by atoms with Gasteiger partial charge in [-0.2, -0.15) is 0 Å². The SMILES string of the molecule is C=C(/C=C/C=C/C=C1\Sc2ccccc2N1C)Sc1ccccc1C. The number of rotatable bonds is 5. The molecular formula is C22H21NS2. The van der Waals surface area contributed by atoms with Gasteiger partial charge in [-0.3, -0.25) is 0 Å². The van der Waals surface area contributed by atoms with E-state index in [9.17, 15) is 0 Å². The second kappa shape index (κ2) is 8.32. The molecular weight excluding hydrogens is 342 g/mol. The Morgan fingerprint density at radius 3 is 2.60 bits per heavy atom. The Kier molecular flexibility index (Phi) is 5.90. The standard InChI is InChI=1S/C22H21NS2/c1-17-11-7-9-14-20(17)24-18(2)12-5-4-6-16-22-23(3)19-13-8-10-15-21(19)25-22/h4-16H,2H2,1,3H3/b6-4+,12-5+,22-16-. The van der Waals surface area contributed by atoms with Crippen molar-refractivity contribution in [2.45, 2.75) is 16.7 Å². The number of hydrogen-bond acceptors (Lipinski definition) is 3. The third kappa shape index (κ3) is 4.50. The molecule has 0 unspecified atom stereocenters. The number of thioether (sulfide) groups is 2. The Morgan fingerprint density at radius 1 is 1.04 bits per heavy atom. The van der Waals surface area contributed by atoms with Crippen LogP contribution in [0.4, 0.5) is 5.69 Å². The third-order valence-electron chi connectivity index (χ3n) is 3.85. The van der Waals surface area contributed by atoms with E-state index in [0.717, 1.165) is 4.91 Å². The van der Waals surface area contributed by atoms with E-state index >= 15 is 0 Å². The summed E-state index contributed by atoms with van der Waals surface area (Å²) in [5.41, 5.74) is 2.55. The van der Waals surface area contributed by atoms with Crippen LogP contribution in [-0.4, -0.2) is 7.05 Å². The van der Waals surface area contributed by atoms with Gasteiger partial charge in [0.05, 0.1) is 10.7 Å². The van der Waals surface area contributed by atoms with Crippen molar-refractivity contribution in [1.29, 1.82) is 0 Å². The van der Waals surface area contributed by atoms with Crippen LogP contribution in [0.25, 0.3) is 0 Å². The Bertz CT molecular complexity index is 862. The minimum absolute atomic E-state index is 1.03. The molecule has 1 aliphatic rings. The van der Waals surface area contributed by atoms with Gasteiger partial charge in [0, 0.05) is 21.7 Å². The first-order valence-corrected chi connectivity index (χ1v) is 9.76. The van der Waals surface area contributed by atoms with Gasteiger partial charge in [-0.1, -0.05) is 78.7 Å². The summed E-state index contributed by atoms with van der Waals surface area (Å²) in [6, 6.07) is 16.8. The number of aryl methyl sites for hydroxylation is 1. The van der Waals surface area contributed by atoms with Crippen LogP contribution in [-0.2, 0) is 0 Å². The van der Waals surface area contributed by atoms with Crippen LogP contribution in [0, 0.1) is 6.92 Å². The van der Waals surface area contributed by atoms with Crippen molar-refractivity contribution in [1.82, 2.24) is 0 Å². The molecule has 1 heterocycles. The Morgan fingerprint density at radius 2 is 1.80 bits per heavy atom. The maximum absolute atomic E-state index is 4.12. The van der Waals surface area contributed by atoms with Crippen LogP contribution in [0.3, 0.4) is 0 Å². The summed E-state index contributed by atoms with van der Waals surface area (Å²) in [6.07, 6.45) is 10.4. The van der Waals surface area contributed by atoms with E-state index < -0.39 is 0 Å². The van der Waals surface area contributed by atoms with Gasteiger partial charge in [0.15, 0.2) is 0 Å². The van der Waals surface area contributed by atoms with Crippen molar-refractivity contribution in [3.63, 3.8) is 0 Å². The Labute approximate surface area is 158 Å². The molecule has 3 rings (SSSR count). The monoisotopic (exact) mass is 363 g/mol. The van der Waals surface area contributed by atoms with Gasteiger partial charge >= 0.3 is 0 Å². The lowest BCUT2D eigenvalue weighted by molar-refractivity contribution is 1.17. The number of fused-ring (bicyclic) bond motifs is 1. The van der Waals surface area contributed by atoms with Gasteiger partial charge in [-0.05, 0) is 42.8 Å². The van der Waals surface area contributed by atoms with Gasteiger partial charge < -0.3 is 4.90 Å². The minimum atomic E-state index is 1.03. The molecule has 25 heavy (non-hydrogen) atoms. The fourth-order valence-corrected chi connectivity index (χ4v) is 4.35. The van der Waals surface area contributed by atoms with Gasteiger partial charge in [-0.25, -0.2) is 0 Å². The average Bonchev–Trinajstić information content (AvgIpc) is 2.93. The normalized spacial score (nSPS) is 15.4. The summed E-state index contributed by atoms with van der Waals surface area (Å²) < 4.78 is 0. The lowest BCUT2D eigenvalue weighted by Crippen LogP contribution is -2.08. The topological polar surface area (TPSA) is 3.24 Å². The molecule has 0 saturated heterocycles. The third-order valence-corrected chi connectivity index (χ3v) is 6.11. The van der Waals surface area contributed by atoms with Crippen molar-refractivity contribution < 1.29 is 0 Å². The fraction of sp³-hybridized carbons (Fsp3) is 0.0909. The van der Waals surface area contributed by atoms with E-state index in [1.54, 1.807) is 23.5 Å². The number of para-hydroxylation sites is 1. The fourth-order valence-electron chi connectivity index (χ4n) is 2.48. The van der Waals surface area contributed by atoms with Crippen LogP contribution in [0.5, 0.6) is 0 Å². The zero-order valence-electron chi connectivity index (χ0n) is 14.5. The molecule has 3 heteroatoms. The maximum atomic E-state index is 4.12. The van der Waals surface area contributed by atoms with Gasteiger partial charge in [-0.15, -0.1) is 0 Å². The molecule has 2 aromatic carbocycles. The predicted octanol–water partition coefficient (Wildman–Crippen LogP) is 6.80. The van der Waals surface area contributed by atoms with Crippen molar-refractivity contribution in [3.8, 4) is 0 Å². The number of hydrogen-bond donors (Lipinski definition) is 0. The van der Waals surface area contributed by atoms with Crippen LogP contribution in [0.15, 0.2) is 105 Å². The van der Waals surface area contributed by atoms with Crippen molar-refractivity contribution in [2.24, 2.45) is 0 Å². The summed E-state index contributed by atoms with van der Waals surface area (Å²) in [5, 5.41) is 1.24. The number of benzene rings is 2. The molecule has 0 saturated carbocycles. The highest BCUT2D eigenvalue weighted by molar-refractivity contribution is 8.03. The lowest BCUT2D eigenvalue weighted by Gasteiger charge is -2.12. The average molecular weight is 364 g/mol. The predicted molar refractivity (Wildman–Crippen MR) is 113 cm³/mol. The zero-order chi connectivity index (χ0) is 17.6. The molecule has 0 amide bonds. The second-order valence-corrected chi connectivity index (χ2v) is 7.94. The summed E-state index contributed by atoms with van der Waals surface area (Å²) in [5.74, 6) is 0. The maximum Gasteiger partial charge on any atom is 0.0798 e. The van der Waals surface area contributed by atoms with E-state index in [1.807, 2.05) is 18.2 Å². The summed E-state index contributed by atoms with van der Waals surface area (Å²) >= 11 is 3.50. The van der Waals surface area contributed by atoms with E-state index in [0.29, 0.717) is 0 Å². The van der Waals surface area contributed by atoms with Crippen molar-refractivity contribution in [2.75, 3.05) is 11.9 Å². The van der Waals surface area contributed by atoms with Crippen LogP contribution >= 0.6 is 23.5 Å². The molecule has 1 aliphatic heterocycles. The largest absolute Gasteiger partial charge is 0.338 e. The summed E-state index contributed by atoms with van der Waals surface area (Å²) in [6.45, 7) is 6.24. The first-order valence-electron chi connectivity index (χ1n) is 8.13. The Hall–Kier alpha value is -2.10. The molecule has 0 radical (unpaired) electrons. The molecule has 0 atom stereocenters. The zero-order valence-corrected chi connectivity index (χ0v) is 16.1. The highest BCUT2D eigenvalue weighted by atomic mass is 32.2. The lowest BCUT2D eigenvalue weighted by atomic mass is 10.2. The van der Waals surface area contributed by atoms with Crippen molar-refractivity contribution in [3.05, 3.63) is 101 Å². The first-order chi connectivity index (χ1) is 12.1. The number of allylic oxidation sites excluding steroid dienone is 5. The number of anilines is 1. The van der Waals surface area contributed by atoms with E-state index in [4.69, 9.17) is 0 Å². The molecule has 0 aliphatic carbocycles. The van der Waals surface area contributed by atoms with E-state index in [-0.39, 0.29) is 0 Å². The quantitative estimate of drug-likeness (QED) is 0.425. The second-order valence-electron chi connectivity index (χ2n) is 5.71. The van der Waals surface area contributed by atoms with E-state index in [1.165, 1.54) is 26.1 Å². The van der Waals surface area contributed by atoms with Crippen molar-refractivity contribution >= 4 is 29.2 Å². The molecule has 2 aromatic rings. The number of nitrogens with zero attached hydrogens (tertiary/aromatic N) is 1. The Balaban J connectivity index is 1.56. The highest BCUT2D eigenvalue weighted by Crippen LogP contribution is 2.44. The van der Waals surface area contributed by atoms with Gasteiger partial charge in [0.2, 0.25) is 0 Å². The summed E-state index contributed by atoms with van der Waals surface area (Å²) in [4.78, 5) is 5.82. The molecule has 0 spiro atoms. The first kappa shape index (κ1) is 17.7. The molecule has 0 fully saturated rings. The molecule has 0 aromatic heterocycles. The molecule has 0 bridgehead atoms.